The van der Waals surface area contributed by atoms with Crippen LogP contribution in [0.1, 0.15) is 18.4 Å². The fourth-order valence-corrected chi connectivity index (χ4v) is 6.42. The van der Waals surface area contributed by atoms with Crippen LogP contribution in [0.3, 0.4) is 0 Å². The average molecular weight is 397 g/mol. The normalized spacial score (nSPS) is 17.3. The van der Waals surface area contributed by atoms with Gasteiger partial charge in [0, 0.05) is 13.1 Å². The molecule has 0 aromatic heterocycles. The lowest BCUT2D eigenvalue weighted by atomic mass is 10.2. The lowest BCUT2D eigenvalue weighted by Crippen LogP contribution is -2.42. The Labute approximate surface area is 153 Å². The molecule has 1 saturated heterocycles. The lowest BCUT2D eigenvalue weighted by Gasteiger charge is -2.31. The van der Waals surface area contributed by atoms with Gasteiger partial charge in [-0.3, -0.25) is 0 Å². The number of benzene rings is 2. The van der Waals surface area contributed by atoms with E-state index in [4.69, 9.17) is 0 Å². The SMILES string of the molecule is Cc1cc(S(=O)(=O)N2CCC(S(=O)(=O)c3ccccc3)CC2)ccc1F. The van der Waals surface area contributed by atoms with Crippen LogP contribution >= 0.6 is 0 Å². The minimum absolute atomic E-state index is 0.0285. The van der Waals surface area contributed by atoms with Crippen molar-refractivity contribution in [2.24, 2.45) is 0 Å². The summed E-state index contributed by atoms with van der Waals surface area (Å²) in [4.78, 5) is 0.288. The molecule has 0 radical (unpaired) electrons. The fourth-order valence-electron chi connectivity index (χ4n) is 3.11. The first kappa shape index (κ1) is 19.0. The Kier molecular flexibility index (Phi) is 5.18. The van der Waals surface area contributed by atoms with Gasteiger partial charge in [0.1, 0.15) is 5.82 Å². The maximum absolute atomic E-state index is 13.4. The molecular weight excluding hydrogens is 377 g/mol. The van der Waals surface area contributed by atoms with Gasteiger partial charge in [-0.1, -0.05) is 18.2 Å². The van der Waals surface area contributed by atoms with Crippen molar-refractivity contribution < 1.29 is 21.2 Å². The highest BCUT2D eigenvalue weighted by Crippen LogP contribution is 2.28. The molecule has 3 rings (SSSR count). The van der Waals surface area contributed by atoms with E-state index < -0.39 is 30.9 Å². The molecule has 26 heavy (non-hydrogen) atoms. The molecule has 0 spiro atoms. The second kappa shape index (κ2) is 7.09. The summed E-state index contributed by atoms with van der Waals surface area (Å²) in [5, 5.41) is -0.605. The van der Waals surface area contributed by atoms with Crippen molar-refractivity contribution in [3.05, 3.63) is 59.9 Å². The molecule has 0 atom stereocenters. The molecule has 2 aromatic rings. The van der Waals surface area contributed by atoms with Crippen LogP contribution in [0, 0.1) is 12.7 Å². The van der Waals surface area contributed by atoms with E-state index in [2.05, 4.69) is 0 Å². The molecule has 8 heteroatoms. The van der Waals surface area contributed by atoms with Gasteiger partial charge in [-0.05, 0) is 55.7 Å². The summed E-state index contributed by atoms with van der Waals surface area (Å²) in [5.41, 5.74) is 0.257. The van der Waals surface area contributed by atoms with Crippen LogP contribution in [0.4, 0.5) is 4.39 Å². The highest BCUT2D eigenvalue weighted by Gasteiger charge is 2.35. The van der Waals surface area contributed by atoms with E-state index in [0.717, 1.165) is 6.07 Å². The van der Waals surface area contributed by atoms with Gasteiger partial charge in [-0.25, -0.2) is 21.2 Å². The van der Waals surface area contributed by atoms with E-state index in [-0.39, 0.29) is 41.3 Å². The number of nitrogens with zero attached hydrogens (tertiary/aromatic N) is 1. The maximum atomic E-state index is 13.4. The summed E-state index contributed by atoms with van der Waals surface area (Å²) in [6, 6.07) is 11.9. The van der Waals surface area contributed by atoms with Crippen LogP contribution < -0.4 is 0 Å². The van der Waals surface area contributed by atoms with Crippen LogP contribution in [-0.2, 0) is 19.9 Å². The Morgan fingerprint density at radius 1 is 0.923 bits per heavy atom. The van der Waals surface area contributed by atoms with Crippen molar-refractivity contribution >= 4 is 19.9 Å². The summed E-state index contributed by atoms with van der Waals surface area (Å²) in [7, 11) is -7.24. The molecule has 1 aliphatic rings. The third-order valence-electron chi connectivity index (χ3n) is 4.68. The number of sulfone groups is 1. The van der Waals surface area contributed by atoms with Gasteiger partial charge in [0.15, 0.2) is 9.84 Å². The van der Waals surface area contributed by atoms with Crippen molar-refractivity contribution in [2.45, 2.75) is 34.8 Å². The molecule has 0 bridgehead atoms. The summed E-state index contributed by atoms with van der Waals surface area (Å²) in [6.45, 7) is 1.75. The highest BCUT2D eigenvalue weighted by atomic mass is 32.2. The summed E-state index contributed by atoms with van der Waals surface area (Å²) in [5.74, 6) is -0.461. The Morgan fingerprint density at radius 3 is 2.12 bits per heavy atom. The molecule has 0 aliphatic carbocycles. The predicted molar refractivity (Wildman–Crippen MR) is 96.5 cm³/mol. The molecule has 5 nitrogen and oxygen atoms in total. The van der Waals surface area contributed by atoms with E-state index >= 15 is 0 Å². The van der Waals surface area contributed by atoms with Crippen molar-refractivity contribution in [3.63, 3.8) is 0 Å². The molecule has 2 aromatic carbocycles. The van der Waals surface area contributed by atoms with Gasteiger partial charge < -0.3 is 0 Å². The zero-order chi connectivity index (χ0) is 18.9. The van der Waals surface area contributed by atoms with Gasteiger partial charge in [-0.2, -0.15) is 4.31 Å². The number of hydrogen-bond donors (Lipinski definition) is 0. The zero-order valence-corrected chi connectivity index (χ0v) is 15.9. The van der Waals surface area contributed by atoms with E-state index in [1.54, 1.807) is 30.3 Å². The van der Waals surface area contributed by atoms with Crippen LogP contribution in [0.25, 0.3) is 0 Å². The second-order valence-electron chi connectivity index (χ2n) is 6.37. The van der Waals surface area contributed by atoms with E-state index in [9.17, 15) is 21.2 Å². The first-order chi connectivity index (χ1) is 12.2. The smallest absolute Gasteiger partial charge is 0.223 e. The first-order valence-electron chi connectivity index (χ1n) is 8.28. The number of rotatable bonds is 4. The summed E-state index contributed by atoms with van der Waals surface area (Å²) < 4.78 is 65.5. The molecule has 1 aliphatic heterocycles. The predicted octanol–water partition coefficient (Wildman–Crippen LogP) is 2.76. The third-order valence-corrected chi connectivity index (χ3v) is 8.85. The van der Waals surface area contributed by atoms with E-state index in [1.807, 2.05) is 0 Å². The van der Waals surface area contributed by atoms with Gasteiger partial charge in [0.05, 0.1) is 15.0 Å². The first-order valence-corrected chi connectivity index (χ1v) is 11.3. The van der Waals surface area contributed by atoms with Gasteiger partial charge >= 0.3 is 0 Å². The highest BCUT2D eigenvalue weighted by molar-refractivity contribution is 7.92. The lowest BCUT2D eigenvalue weighted by molar-refractivity contribution is 0.345. The van der Waals surface area contributed by atoms with Crippen molar-refractivity contribution in [2.75, 3.05) is 13.1 Å². The van der Waals surface area contributed by atoms with Gasteiger partial charge in [0.2, 0.25) is 10.0 Å². The molecule has 0 unspecified atom stereocenters. The number of halogens is 1. The number of sulfonamides is 1. The van der Waals surface area contributed by atoms with Crippen molar-refractivity contribution in [1.82, 2.24) is 4.31 Å². The molecule has 0 N–H and O–H groups in total. The molecule has 0 saturated carbocycles. The fraction of sp³-hybridized carbons (Fsp3) is 0.333. The Bertz CT molecular complexity index is 997. The minimum atomic E-state index is -3.76. The van der Waals surface area contributed by atoms with Crippen LogP contribution in [0.5, 0.6) is 0 Å². The van der Waals surface area contributed by atoms with Crippen molar-refractivity contribution in [3.8, 4) is 0 Å². The quantitative estimate of drug-likeness (QED) is 0.795. The third kappa shape index (κ3) is 3.54. The molecule has 1 heterocycles. The van der Waals surface area contributed by atoms with Gasteiger partial charge in [0.25, 0.3) is 0 Å². The maximum Gasteiger partial charge on any atom is 0.243 e. The van der Waals surface area contributed by atoms with Crippen LogP contribution in [-0.4, -0.2) is 39.5 Å². The van der Waals surface area contributed by atoms with Crippen molar-refractivity contribution in [1.29, 1.82) is 0 Å². The molecule has 1 fully saturated rings. The number of aryl methyl sites for hydroxylation is 1. The van der Waals surface area contributed by atoms with E-state index in [1.165, 1.54) is 23.4 Å². The Morgan fingerprint density at radius 2 is 1.54 bits per heavy atom. The number of hydrogen-bond acceptors (Lipinski definition) is 4. The topological polar surface area (TPSA) is 71.5 Å². The monoisotopic (exact) mass is 397 g/mol. The molecule has 0 amide bonds. The Hall–Kier alpha value is -1.77. The average Bonchev–Trinajstić information content (AvgIpc) is 2.64. The largest absolute Gasteiger partial charge is 0.243 e. The van der Waals surface area contributed by atoms with Crippen LogP contribution in [0.2, 0.25) is 0 Å². The molecular formula is C18H20FNO4S2. The second-order valence-corrected chi connectivity index (χ2v) is 10.5. The Balaban J connectivity index is 1.77. The number of piperidine rings is 1. The summed E-state index contributed by atoms with van der Waals surface area (Å²) in [6.07, 6.45) is 0.466. The van der Waals surface area contributed by atoms with Crippen LogP contribution in [0.15, 0.2) is 58.3 Å². The molecule has 140 valence electrons. The standard InChI is InChI=1S/C18H20FNO4S2/c1-14-13-17(7-8-18(14)19)26(23,24)20-11-9-16(10-12-20)25(21,22)15-5-3-2-4-6-15/h2-8,13,16H,9-12H2,1H3. The summed E-state index contributed by atoms with van der Waals surface area (Å²) >= 11 is 0. The van der Waals surface area contributed by atoms with Gasteiger partial charge in [-0.15, -0.1) is 0 Å². The van der Waals surface area contributed by atoms with E-state index in [0.29, 0.717) is 0 Å². The minimum Gasteiger partial charge on any atom is -0.223 e. The zero-order valence-electron chi connectivity index (χ0n) is 14.3.